The average molecular weight is 321 g/mol. The van der Waals surface area contributed by atoms with Crippen molar-refractivity contribution in [2.75, 3.05) is 19.0 Å². The predicted octanol–water partition coefficient (Wildman–Crippen LogP) is 0.834. The zero-order chi connectivity index (χ0) is 16.3. The Hall–Kier alpha value is -1.15. The van der Waals surface area contributed by atoms with Gasteiger partial charge in [-0.3, -0.25) is 9.59 Å². The van der Waals surface area contributed by atoms with E-state index >= 15 is 0 Å². The highest BCUT2D eigenvalue weighted by molar-refractivity contribution is 7.85. The zero-order valence-electron chi connectivity index (χ0n) is 12.5. The van der Waals surface area contributed by atoms with Crippen molar-refractivity contribution in [3.63, 3.8) is 0 Å². The van der Waals surface area contributed by atoms with Gasteiger partial charge in [-0.25, -0.2) is 8.42 Å². The van der Waals surface area contributed by atoms with Gasteiger partial charge < -0.3 is 14.0 Å². The molecule has 1 saturated heterocycles. The van der Waals surface area contributed by atoms with Crippen LogP contribution in [-0.2, 0) is 29.2 Å². The second kappa shape index (κ2) is 6.31. The number of ether oxygens (including phenoxy) is 2. The van der Waals surface area contributed by atoms with Crippen molar-refractivity contribution in [3.05, 3.63) is 0 Å². The number of esters is 2. The van der Waals surface area contributed by atoms with Crippen LogP contribution in [0.5, 0.6) is 0 Å². The largest absolute Gasteiger partial charge is 0.748 e. The highest BCUT2D eigenvalue weighted by Crippen LogP contribution is 2.47. The van der Waals surface area contributed by atoms with Crippen molar-refractivity contribution < 1.29 is 32.0 Å². The number of carbonyl (C=O) groups excluding carboxylic acids is 2. The topological polar surface area (TPSA) is 110 Å². The Morgan fingerprint density at radius 2 is 2.10 bits per heavy atom. The molecule has 0 spiro atoms. The first-order valence-electron chi connectivity index (χ1n) is 6.74. The van der Waals surface area contributed by atoms with Crippen molar-refractivity contribution in [3.8, 4) is 0 Å². The Morgan fingerprint density at radius 3 is 2.62 bits per heavy atom. The fraction of sp³-hybridized carbons (Fsp3) is 0.846. The summed E-state index contributed by atoms with van der Waals surface area (Å²) in [5.41, 5.74) is -1.49. The lowest BCUT2D eigenvalue weighted by molar-refractivity contribution is -0.172. The van der Waals surface area contributed by atoms with Gasteiger partial charge in [0.15, 0.2) is 0 Å². The molecule has 1 aliphatic rings. The fourth-order valence-electron chi connectivity index (χ4n) is 2.33. The van der Waals surface area contributed by atoms with Gasteiger partial charge in [-0.05, 0) is 25.2 Å². The number of cyclic esters (lactones) is 1. The highest BCUT2D eigenvalue weighted by atomic mass is 32.2. The summed E-state index contributed by atoms with van der Waals surface area (Å²) < 4.78 is 41.1. The number of hydrogen-bond donors (Lipinski definition) is 0. The summed E-state index contributed by atoms with van der Waals surface area (Å²) in [4.78, 5) is 23.8. The fourth-order valence-corrected chi connectivity index (χ4v) is 2.62. The second-order valence-electron chi connectivity index (χ2n) is 6.11. The van der Waals surface area contributed by atoms with Gasteiger partial charge in [0.25, 0.3) is 0 Å². The number of rotatable bonds is 6. The minimum Gasteiger partial charge on any atom is -0.748 e. The van der Waals surface area contributed by atoms with Gasteiger partial charge in [0, 0.05) is 0 Å². The molecule has 1 atom stereocenters. The van der Waals surface area contributed by atoms with Gasteiger partial charge in [0.2, 0.25) is 0 Å². The average Bonchev–Trinajstić information content (AvgIpc) is 2.30. The molecule has 0 bridgehead atoms. The summed E-state index contributed by atoms with van der Waals surface area (Å²) >= 11 is 0. The van der Waals surface area contributed by atoms with Gasteiger partial charge in [-0.1, -0.05) is 13.8 Å². The van der Waals surface area contributed by atoms with Gasteiger partial charge in [-0.15, -0.1) is 0 Å². The van der Waals surface area contributed by atoms with Crippen molar-refractivity contribution in [2.24, 2.45) is 10.8 Å². The summed E-state index contributed by atoms with van der Waals surface area (Å²) in [6, 6.07) is 0. The molecule has 0 aromatic carbocycles. The van der Waals surface area contributed by atoms with E-state index in [4.69, 9.17) is 9.47 Å². The van der Waals surface area contributed by atoms with Crippen molar-refractivity contribution in [2.45, 2.75) is 40.0 Å². The zero-order valence-corrected chi connectivity index (χ0v) is 13.3. The number of carbonyl (C=O) groups is 2. The Kier molecular flexibility index (Phi) is 5.38. The Balaban J connectivity index is 2.62. The van der Waals surface area contributed by atoms with Crippen molar-refractivity contribution >= 4 is 22.1 Å². The molecule has 21 heavy (non-hydrogen) atoms. The smallest absolute Gasteiger partial charge is 0.312 e. The van der Waals surface area contributed by atoms with Crippen LogP contribution in [0.3, 0.4) is 0 Å². The van der Waals surface area contributed by atoms with Gasteiger partial charge in [-0.2, -0.15) is 0 Å². The minimum absolute atomic E-state index is 0.0580. The predicted molar refractivity (Wildman–Crippen MR) is 72.2 cm³/mol. The Labute approximate surface area is 124 Å². The van der Waals surface area contributed by atoms with E-state index in [9.17, 15) is 22.6 Å². The van der Waals surface area contributed by atoms with E-state index in [1.807, 2.05) is 0 Å². The first kappa shape index (κ1) is 17.9. The van der Waals surface area contributed by atoms with Gasteiger partial charge >= 0.3 is 11.9 Å². The summed E-state index contributed by atoms with van der Waals surface area (Å²) in [6.45, 7) is 5.21. The molecular weight excluding hydrogens is 300 g/mol. The van der Waals surface area contributed by atoms with Crippen LogP contribution in [-0.4, -0.2) is 43.9 Å². The maximum Gasteiger partial charge on any atom is 0.312 e. The first-order valence-corrected chi connectivity index (χ1v) is 8.32. The van der Waals surface area contributed by atoms with E-state index in [1.165, 1.54) is 0 Å². The van der Waals surface area contributed by atoms with Gasteiger partial charge in [0.1, 0.15) is 6.61 Å². The van der Waals surface area contributed by atoms with Crippen LogP contribution in [0.15, 0.2) is 0 Å². The van der Waals surface area contributed by atoms with Crippen LogP contribution < -0.4 is 0 Å². The van der Waals surface area contributed by atoms with E-state index in [1.54, 1.807) is 20.8 Å². The van der Waals surface area contributed by atoms with Crippen LogP contribution >= 0.6 is 0 Å². The van der Waals surface area contributed by atoms with Crippen LogP contribution in [0.1, 0.15) is 40.0 Å². The van der Waals surface area contributed by atoms with Crippen LogP contribution in [0.4, 0.5) is 0 Å². The normalized spacial score (nSPS) is 23.5. The Bertz CT molecular complexity index is 509. The first-order chi connectivity index (χ1) is 9.48. The molecule has 8 heteroatoms. The van der Waals surface area contributed by atoms with Crippen molar-refractivity contribution in [1.29, 1.82) is 0 Å². The van der Waals surface area contributed by atoms with E-state index in [2.05, 4.69) is 0 Å². The van der Waals surface area contributed by atoms with Crippen molar-refractivity contribution in [1.82, 2.24) is 0 Å². The van der Waals surface area contributed by atoms with E-state index in [0.717, 1.165) is 6.42 Å². The third kappa shape index (κ3) is 4.67. The lowest BCUT2D eigenvalue weighted by Crippen LogP contribution is -2.47. The molecule has 0 saturated carbocycles. The standard InChI is InChI=1S/C13H22O7S/c1-12(2,13(3)5-4-6-20-11(13)15)9-10(14)19-7-8-21(16,17)18/h4-9H2,1-3H3,(H,16,17,18)/p-1. The van der Waals surface area contributed by atoms with Crippen LogP contribution in [0.2, 0.25) is 0 Å². The molecule has 0 N–H and O–H groups in total. The highest BCUT2D eigenvalue weighted by Gasteiger charge is 2.50. The molecular formula is C13H21O7S-. The lowest BCUT2D eigenvalue weighted by Gasteiger charge is -2.43. The SMILES string of the molecule is CC(C)(CC(=O)OCCS(=O)(=O)[O-])C1(C)CCCOC1=O. The summed E-state index contributed by atoms with van der Waals surface area (Å²) in [6.07, 6.45) is 1.29. The van der Waals surface area contributed by atoms with Crippen LogP contribution in [0, 0.1) is 10.8 Å². The molecule has 0 amide bonds. The molecule has 1 fully saturated rings. The number of hydrogen-bond acceptors (Lipinski definition) is 7. The summed E-state index contributed by atoms with van der Waals surface area (Å²) in [7, 11) is -4.41. The third-order valence-corrected chi connectivity index (χ3v) is 4.85. The lowest BCUT2D eigenvalue weighted by atomic mass is 9.62. The quantitative estimate of drug-likeness (QED) is 0.526. The maximum absolute atomic E-state index is 12.0. The maximum atomic E-state index is 12.0. The van der Waals surface area contributed by atoms with Crippen LogP contribution in [0.25, 0.3) is 0 Å². The van der Waals surface area contributed by atoms with E-state index in [-0.39, 0.29) is 12.4 Å². The minimum atomic E-state index is -4.41. The molecule has 0 aliphatic carbocycles. The van der Waals surface area contributed by atoms with E-state index < -0.39 is 39.3 Å². The molecule has 1 aliphatic heterocycles. The molecule has 0 radical (unpaired) electrons. The molecule has 122 valence electrons. The second-order valence-corrected chi connectivity index (χ2v) is 7.64. The molecule has 0 aromatic rings. The third-order valence-electron chi connectivity index (χ3n) is 4.18. The molecule has 1 unspecified atom stereocenters. The molecule has 1 rings (SSSR count). The van der Waals surface area contributed by atoms with Gasteiger partial charge in [0.05, 0.1) is 34.3 Å². The molecule has 7 nitrogen and oxygen atoms in total. The van der Waals surface area contributed by atoms with E-state index in [0.29, 0.717) is 13.0 Å². The monoisotopic (exact) mass is 321 g/mol. The Morgan fingerprint density at radius 1 is 1.48 bits per heavy atom. The molecule has 0 aromatic heterocycles. The summed E-state index contributed by atoms with van der Waals surface area (Å²) in [5.74, 6) is -1.73. The summed E-state index contributed by atoms with van der Waals surface area (Å²) in [5, 5.41) is 0. The molecule has 1 heterocycles.